The second-order valence-corrected chi connectivity index (χ2v) is 5.02. The zero-order chi connectivity index (χ0) is 17.2. The molecule has 4 nitrogen and oxygen atoms in total. The maximum atomic E-state index is 13.2. The number of para-hydroxylation sites is 1. The molecule has 1 aliphatic rings. The van der Waals surface area contributed by atoms with E-state index in [4.69, 9.17) is 9.47 Å². The van der Waals surface area contributed by atoms with Crippen molar-refractivity contribution in [3.8, 4) is 5.75 Å². The summed E-state index contributed by atoms with van der Waals surface area (Å²) in [5, 5.41) is 0. The Balaban J connectivity index is 2.56. The molecular formula is C16H15F3O4. The Kier molecular flexibility index (Phi) is 4.77. The van der Waals surface area contributed by atoms with Crippen LogP contribution in [0, 0.1) is 0 Å². The molecule has 0 aromatic heterocycles. The van der Waals surface area contributed by atoms with Crippen LogP contribution in [0.1, 0.15) is 31.4 Å². The molecule has 7 heteroatoms. The fourth-order valence-corrected chi connectivity index (χ4v) is 2.38. The number of alkyl halides is 3. The first-order valence-electron chi connectivity index (χ1n) is 6.99. The largest absolute Gasteiger partial charge is 0.477 e. The van der Waals surface area contributed by atoms with Crippen LogP contribution in [-0.2, 0) is 20.5 Å². The zero-order valence-electron chi connectivity index (χ0n) is 12.6. The Hall–Kier alpha value is -2.31. The summed E-state index contributed by atoms with van der Waals surface area (Å²) in [4.78, 5) is 23.2. The second-order valence-electron chi connectivity index (χ2n) is 5.02. The van der Waals surface area contributed by atoms with E-state index in [1.54, 1.807) is 6.92 Å². The zero-order valence-corrected chi connectivity index (χ0v) is 12.6. The van der Waals surface area contributed by atoms with Crippen LogP contribution in [-0.4, -0.2) is 24.5 Å². The van der Waals surface area contributed by atoms with Crippen LogP contribution in [0.2, 0.25) is 0 Å². The SMILES string of the molecule is CCOC(=O)C1C/C(=C\C(C)=O)c2cccc(C(F)(F)F)c2O1. The number of halogens is 3. The van der Waals surface area contributed by atoms with Gasteiger partial charge in [-0.3, -0.25) is 4.79 Å². The van der Waals surface area contributed by atoms with Crippen LogP contribution in [0.25, 0.3) is 5.57 Å². The van der Waals surface area contributed by atoms with Gasteiger partial charge >= 0.3 is 12.1 Å². The van der Waals surface area contributed by atoms with E-state index in [9.17, 15) is 22.8 Å². The molecule has 0 N–H and O–H groups in total. The molecule has 0 bridgehead atoms. The van der Waals surface area contributed by atoms with Gasteiger partial charge in [0.2, 0.25) is 0 Å². The number of fused-ring (bicyclic) bond motifs is 1. The number of ether oxygens (including phenoxy) is 2. The topological polar surface area (TPSA) is 52.6 Å². The lowest BCUT2D eigenvalue weighted by atomic mass is 9.92. The molecule has 0 radical (unpaired) electrons. The summed E-state index contributed by atoms with van der Waals surface area (Å²) in [6.45, 7) is 2.95. The summed E-state index contributed by atoms with van der Waals surface area (Å²) in [5.74, 6) is -1.53. The molecule has 1 aliphatic heterocycles. The highest BCUT2D eigenvalue weighted by Crippen LogP contribution is 2.44. The third-order valence-electron chi connectivity index (χ3n) is 3.26. The van der Waals surface area contributed by atoms with E-state index >= 15 is 0 Å². The van der Waals surface area contributed by atoms with Crippen molar-refractivity contribution < 1.29 is 32.2 Å². The second kappa shape index (κ2) is 6.44. The number of hydrogen-bond acceptors (Lipinski definition) is 4. The predicted molar refractivity (Wildman–Crippen MR) is 75.8 cm³/mol. The van der Waals surface area contributed by atoms with Gasteiger partial charge in [0.1, 0.15) is 5.75 Å². The maximum absolute atomic E-state index is 13.2. The van der Waals surface area contributed by atoms with E-state index in [1.807, 2.05) is 0 Å². The van der Waals surface area contributed by atoms with Gasteiger partial charge in [-0.05, 0) is 31.6 Å². The monoisotopic (exact) mass is 328 g/mol. The number of carbonyl (C=O) groups is 2. The molecule has 1 aromatic carbocycles. The van der Waals surface area contributed by atoms with Crippen molar-refractivity contribution in [2.45, 2.75) is 32.5 Å². The van der Waals surface area contributed by atoms with Crippen molar-refractivity contribution in [3.05, 3.63) is 35.4 Å². The lowest BCUT2D eigenvalue weighted by Crippen LogP contribution is -2.33. The number of benzene rings is 1. The summed E-state index contributed by atoms with van der Waals surface area (Å²) in [6, 6.07) is 3.54. The molecule has 0 saturated carbocycles. The van der Waals surface area contributed by atoms with Gasteiger partial charge in [-0.15, -0.1) is 0 Å². The molecule has 1 unspecified atom stereocenters. The van der Waals surface area contributed by atoms with Crippen LogP contribution in [0.5, 0.6) is 5.75 Å². The normalized spacial score (nSPS) is 19.0. The van der Waals surface area contributed by atoms with Gasteiger partial charge in [0.05, 0.1) is 12.2 Å². The molecular weight excluding hydrogens is 313 g/mol. The molecule has 0 fully saturated rings. The van der Waals surface area contributed by atoms with Crippen molar-refractivity contribution >= 4 is 17.3 Å². The van der Waals surface area contributed by atoms with Crippen LogP contribution in [0.3, 0.4) is 0 Å². The first-order chi connectivity index (χ1) is 10.7. The molecule has 0 aliphatic carbocycles. The summed E-state index contributed by atoms with van der Waals surface area (Å²) >= 11 is 0. The number of allylic oxidation sites excluding steroid dienone is 1. The van der Waals surface area contributed by atoms with Gasteiger partial charge in [-0.1, -0.05) is 12.1 Å². The molecule has 1 aromatic rings. The average molecular weight is 328 g/mol. The third-order valence-corrected chi connectivity index (χ3v) is 3.26. The Labute approximate surface area is 130 Å². The molecule has 0 amide bonds. The Bertz CT molecular complexity index is 662. The fraction of sp³-hybridized carbons (Fsp3) is 0.375. The molecule has 1 heterocycles. The highest BCUT2D eigenvalue weighted by atomic mass is 19.4. The number of carbonyl (C=O) groups excluding carboxylic acids is 2. The van der Waals surface area contributed by atoms with Gasteiger partial charge in [0.25, 0.3) is 0 Å². The number of hydrogen-bond donors (Lipinski definition) is 0. The minimum absolute atomic E-state index is 0.0211. The predicted octanol–water partition coefficient (Wildman–Crippen LogP) is 3.39. The lowest BCUT2D eigenvalue weighted by molar-refractivity contribution is -0.153. The summed E-state index contributed by atoms with van der Waals surface area (Å²) in [6.07, 6.45) is -4.65. The van der Waals surface area contributed by atoms with Crippen molar-refractivity contribution in [1.82, 2.24) is 0 Å². The smallest absolute Gasteiger partial charge is 0.419 e. The summed E-state index contributed by atoms with van der Waals surface area (Å²) in [7, 11) is 0. The Morgan fingerprint density at radius 3 is 2.65 bits per heavy atom. The maximum Gasteiger partial charge on any atom is 0.419 e. The minimum atomic E-state index is -4.64. The van der Waals surface area contributed by atoms with E-state index < -0.39 is 29.6 Å². The van der Waals surface area contributed by atoms with Crippen LogP contribution < -0.4 is 4.74 Å². The fourth-order valence-electron chi connectivity index (χ4n) is 2.38. The van der Waals surface area contributed by atoms with Gasteiger partial charge in [0.15, 0.2) is 11.9 Å². The highest BCUT2D eigenvalue weighted by Gasteiger charge is 2.40. The van der Waals surface area contributed by atoms with Crippen molar-refractivity contribution in [3.63, 3.8) is 0 Å². The number of ketones is 1. The van der Waals surface area contributed by atoms with Crippen molar-refractivity contribution in [1.29, 1.82) is 0 Å². The summed E-state index contributed by atoms with van der Waals surface area (Å²) < 4.78 is 49.6. The van der Waals surface area contributed by atoms with Crippen LogP contribution >= 0.6 is 0 Å². The van der Waals surface area contributed by atoms with E-state index in [0.29, 0.717) is 5.57 Å². The summed E-state index contributed by atoms with van der Waals surface area (Å²) in [5.41, 5.74) is -0.503. The molecule has 0 saturated heterocycles. The molecule has 124 valence electrons. The molecule has 2 rings (SSSR count). The van der Waals surface area contributed by atoms with Gasteiger partial charge in [-0.2, -0.15) is 13.2 Å². The third kappa shape index (κ3) is 3.72. The lowest BCUT2D eigenvalue weighted by Gasteiger charge is -2.28. The van der Waals surface area contributed by atoms with Crippen molar-refractivity contribution in [2.24, 2.45) is 0 Å². The first-order valence-corrected chi connectivity index (χ1v) is 6.99. The quantitative estimate of drug-likeness (QED) is 0.630. The first kappa shape index (κ1) is 17.1. The molecule has 1 atom stereocenters. The van der Waals surface area contributed by atoms with Crippen LogP contribution in [0.4, 0.5) is 13.2 Å². The minimum Gasteiger partial charge on any atom is -0.477 e. The van der Waals surface area contributed by atoms with Gasteiger partial charge in [-0.25, -0.2) is 4.79 Å². The molecule has 23 heavy (non-hydrogen) atoms. The number of esters is 1. The van der Waals surface area contributed by atoms with Crippen molar-refractivity contribution in [2.75, 3.05) is 6.61 Å². The van der Waals surface area contributed by atoms with E-state index in [0.717, 1.165) is 6.07 Å². The standard InChI is InChI=1S/C16H15F3O4/c1-3-22-15(21)13-8-10(7-9(2)20)11-5-4-6-12(14(11)23-13)16(17,18)19/h4-7,13H,3,8H2,1-2H3/b10-7+. The van der Waals surface area contributed by atoms with E-state index in [-0.39, 0.29) is 24.4 Å². The highest BCUT2D eigenvalue weighted by molar-refractivity contribution is 5.97. The van der Waals surface area contributed by atoms with Gasteiger partial charge < -0.3 is 9.47 Å². The number of rotatable bonds is 3. The average Bonchev–Trinajstić information content (AvgIpc) is 2.45. The Morgan fingerprint density at radius 2 is 2.09 bits per heavy atom. The van der Waals surface area contributed by atoms with Crippen LogP contribution in [0.15, 0.2) is 24.3 Å². The van der Waals surface area contributed by atoms with E-state index in [2.05, 4.69) is 0 Å². The van der Waals surface area contributed by atoms with E-state index in [1.165, 1.54) is 25.1 Å². The van der Waals surface area contributed by atoms with Gasteiger partial charge in [0, 0.05) is 12.0 Å². The molecule has 0 spiro atoms. The Morgan fingerprint density at radius 1 is 1.39 bits per heavy atom.